The van der Waals surface area contributed by atoms with Gasteiger partial charge in [-0.1, -0.05) is 12.1 Å². The van der Waals surface area contributed by atoms with Crippen LogP contribution in [0.25, 0.3) is 0 Å². The third-order valence-corrected chi connectivity index (χ3v) is 5.01. The van der Waals surface area contributed by atoms with Gasteiger partial charge in [0.2, 0.25) is 0 Å². The number of benzene rings is 2. The first-order chi connectivity index (χ1) is 15.6. The molecule has 0 bridgehead atoms. The van der Waals surface area contributed by atoms with Crippen molar-refractivity contribution in [2.75, 3.05) is 38.7 Å². The molecule has 0 atom stereocenters. The molecule has 2 aromatic rings. The number of hydrogen-bond donors (Lipinski definition) is 2. The molecule has 0 fully saturated rings. The summed E-state index contributed by atoms with van der Waals surface area (Å²) in [6, 6.07) is 12.6. The predicted octanol–water partition coefficient (Wildman–Crippen LogP) is 3.55. The Hall–Kier alpha value is -3.55. The molecule has 0 aliphatic carbocycles. The fraction of sp³-hybridized carbons (Fsp3) is 0.375. The van der Waals surface area contributed by atoms with Crippen LogP contribution in [0, 0.1) is 0 Å². The number of rotatable bonds is 10. The van der Waals surface area contributed by atoms with Gasteiger partial charge in [-0.25, -0.2) is 0 Å². The van der Waals surface area contributed by atoms with Crippen molar-refractivity contribution in [2.45, 2.75) is 26.7 Å². The van der Waals surface area contributed by atoms with E-state index in [-0.39, 0.29) is 11.8 Å². The van der Waals surface area contributed by atoms with Crippen molar-refractivity contribution >= 4 is 23.5 Å². The van der Waals surface area contributed by atoms with Crippen molar-refractivity contribution in [1.82, 2.24) is 10.2 Å². The van der Waals surface area contributed by atoms with Crippen LogP contribution in [0.5, 0.6) is 11.5 Å². The van der Waals surface area contributed by atoms with E-state index in [0.717, 1.165) is 18.7 Å². The Kier molecular flexibility index (Phi) is 8.08. The van der Waals surface area contributed by atoms with Crippen LogP contribution in [-0.4, -0.2) is 56.0 Å². The third-order valence-electron chi connectivity index (χ3n) is 5.01. The summed E-state index contributed by atoms with van der Waals surface area (Å²) in [6.45, 7) is 6.14. The van der Waals surface area contributed by atoms with E-state index in [4.69, 9.17) is 9.47 Å². The fourth-order valence-corrected chi connectivity index (χ4v) is 3.48. The monoisotopic (exact) mass is 438 g/mol. The van der Waals surface area contributed by atoms with E-state index in [1.165, 1.54) is 4.90 Å². The maximum Gasteiger partial charge on any atom is 0.261 e. The van der Waals surface area contributed by atoms with Crippen LogP contribution in [0.15, 0.2) is 47.5 Å². The summed E-state index contributed by atoms with van der Waals surface area (Å²) >= 11 is 0. The zero-order chi connectivity index (χ0) is 22.9. The summed E-state index contributed by atoms with van der Waals surface area (Å²) in [7, 11) is 1.61. The lowest BCUT2D eigenvalue weighted by Crippen LogP contribution is -2.31. The second-order valence-corrected chi connectivity index (χ2v) is 7.20. The zero-order valence-corrected chi connectivity index (χ0v) is 18.8. The van der Waals surface area contributed by atoms with Gasteiger partial charge in [-0.3, -0.25) is 19.5 Å². The maximum atomic E-state index is 12.4. The Balaban J connectivity index is 1.53. The number of nitrogens with zero attached hydrogens (tertiary/aromatic N) is 2. The van der Waals surface area contributed by atoms with E-state index in [9.17, 15) is 9.59 Å². The van der Waals surface area contributed by atoms with Gasteiger partial charge in [-0.15, -0.1) is 0 Å². The summed E-state index contributed by atoms with van der Waals surface area (Å²) in [5.41, 5.74) is 1.81. The molecule has 170 valence electrons. The highest BCUT2D eigenvalue weighted by Crippen LogP contribution is 2.30. The second-order valence-electron chi connectivity index (χ2n) is 7.20. The molecule has 0 radical (unpaired) electrons. The van der Waals surface area contributed by atoms with E-state index in [1.807, 2.05) is 32.0 Å². The normalized spacial score (nSPS) is 13.2. The molecule has 0 unspecified atom stereocenters. The lowest BCUT2D eigenvalue weighted by molar-refractivity contribution is 0.0652. The Morgan fingerprint density at radius 2 is 1.72 bits per heavy atom. The van der Waals surface area contributed by atoms with Crippen LogP contribution < -0.4 is 20.1 Å². The number of ether oxygens (including phenoxy) is 2. The highest BCUT2D eigenvalue weighted by atomic mass is 16.5. The minimum Gasteiger partial charge on any atom is -0.493 e. The molecule has 1 aliphatic heterocycles. The van der Waals surface area contributed by atoms with Gasteiger partial charge in [0.15, 0.2) is 17.5 Å². The topological polar surface area (TPSA) is 92.3 Å². The van der Waals surface area contributed by atoms with Gasteiger partial charge in [0.25, 0.3) is 11.8 Å². The van der Waals surface area contributed by atoms with Gasteiger partial charge in [-0.2, -0.15) is 0 Å². The van der Waals surface area contributed by atoms with Crippen LogP contribution in [0.1, 0.15) is 47.4 Å². The van der Waals surface area contributed by atoms with Crippen molar-refractivity contribution in [3.8, 4) is 11.5 Å². The number of guanidine groups is 1. The van der Waals surface area contributed by atoms with Gasteiger partial charge in [0, 0.05) is 31.4 Å². The lowest BCUT2D eigenvalue weighted by Gasteiger charge is -2.15. The average Bonchev–Trinajstić information content (AvgIpc) is 3.04. The number of imide groups is 1. The number of hydrogen-bond acceptors (Lipinski definition) is 5. The van der Waals surface area contributed by atoms with Gasteiger partial charge in [-0.05, 0) is 51.0 Å². The van der Waals surface area contributed by atoms with Crippen LogP contribution in [-0.2, 0) is 0 Å². The number of fused-ring (bicyclic) bond motifs is 1. The number of carbonyl (C=O) groups is 2. The molecule has 1 aliphatic rings. The molecular weight excluding hydrogens is 408 g/mol. The van der Waals surface area contributed by atoms with Crippen molar-refractivity contribution in [1.29, 1.82) is 0 Å². The van der Waals surface area contributed by atoms with Crippen LogP contribution >= 0.6 is 0 Å². The lowest BCUT2D eigenvalue weighted by atomic mass is 10.1. The Bertz CT molecular complexity index is 955. The van der Waals surface area contributed by atoms with E-state index in [1.54, 1.807) is 31.4 Å². The minimum absolute atomic E-state index is 0.214. The van der Waals surface area contributed by atoms with Crippen molar-refractivity contribution < 1.29 is 19.1 Å². The van der Waals surface area contributed by atoms with Crippen molar-refractivity contribution in [3.05, 3.63) is 53.6 Å². The van der Waals surface area contributed by atoms with Crippen LogP contribution in [0.3, 0.4) is 0 Å². The number of anilines is 1. The molecule has 2 amide bonds. The zero-order valence-electron chi connectivity index (χ0n) is 18.8. The number of unbranched alkanes of at least 4 members (excludes halogenated alkanes) is 1. The number of nitrogens with one attached hydrogen (secondary N) is 2. The molecular formula is C24H30N4O4. The molecule has 0 saturated carbocycles. The quantitative estimate of drug-likeness (QED) is 0.255. The van der Waals surface area contributed by atoms with E-state index in [0.29, 0.717) is 54.7 Å². The summed E-state index contributed by atoms with van der Waals surface area (Å²) in [6.07, 6.45) is 1.43. The molecule has 0 spiro atoms. The van der Waals surface area contributed by atoms with Gasteiger partial charge < -0.3 is 20.1 Å². The Morgan fingerprint density at radius 3 is 2.34 bits per heavy atom. The standard InChI is InChI=1S/C24H30N4O4/c1-4-25-24(27-17-12-13-20(31-3)21(16-17)32-5-2)26-14-8-9-15-28-22(29)18-10-6-7-11-19(18)23(28)30/h6-7,10-13,16H,4-5,8-9,14-15H2,1-3H3,(H2,25,26,27). The SMILES string of the molecule is CCNC(=NCCCCN1C(=O)c2ccccc2C1=O)Nc1ccc(OC)c(OCC)c1. The molecule has 8 nitrogen and oxygen atoms in total. The largest absolute Gasteiger partial charge is 0.493 e. The molecule has 32 heavy (non-hydrogen) atoms. The first kappa shape index (κ1) is 23.1. The third kappa shape index (κ3) is 5.38. The summed E-state index contributed by atoms with van der Waals surface area (Å²) in [4.78, 5) is 30.8. The highest BCUT2D eigenvalue weighted by molar-refractivity contribution is 6.21. The number of aliphatic imine (C=N–C) groups is 1. The molecule has 2 N–H and O–H groups in total. The van der Waals surface area contributed by atoms with E-state index >= 15 is 0 Å². The summed E-state index contributed by atoms with van der Waals surface area (Å²) < 4.78 is 11.0. The molecule has 1 heterocycles. The van der Waals surface area contributed by atoms with Crippen molar-refractivity contribution in [3.63, 3.8) is 0 Å². The van der Waals surface area contributed by atoms with Gasteiger partial charge >= 0.3 is 0 Å². The fourth-order valence-electron chi connectivity index (χ4n) is 3.48. The summed E-state index contributed by atoms with van der Waals surface area (Å²) in [5, 5.41) is 6.49. The minimum atomic E-state index is -0.214. The average molecular weight is 439 g/mol. The molecule has 0 saturated heterocycles. The maximum absolute atomic E-state index is 12.4. The molecule has 2 aromatic carbocycles. The predicted molar refractivity (Wildman–Crippen MR) is 125 cm³/mol. The number of carbonyl (C=O) groups excluding carboxylic acids is 2. The molecule has 8 heteroatoms. The van der Waals surface area contributed by atoms with Crippen LogP contribution in [0.4, 0.5) is 5.69 Å². The smallest absolute Gasteiger partial charge is 0.261 e. The van der Waals surface area contributed by atoms with Gasteiger partial charge in [0.1, 0.15) is 0 Å². The van der Waals surface area contributed by atoms with Crippen molar-refractivity contribution in [2.24, 2.45) is 4.99 Å². The Morgan fingerprint density at radius 1 is 1.00 bits per heavy atom. The van der Waals surface area contributed by atoms with Gasteiger partial charge in [0.05, 0.1) is 24.8 Å². The summed E-state index contributed by atoms with van der Waals surface area (Å²) in [5.74, 6) is 1.56. The first-order valence-electron chi connectivity index (χ1n) is 10.9. The number of amides is 2. The molecule has 0 aromatic heterocycles. The number of methoxy groups -OCH3 is 1. The Labute approximate surface area is 188 Å². The van der Waals surface area contributed by atoms with Crippen LogP contribution in [0.2, 0.25) is 0 Å². The second kappa shape index (κ2) is 11.2. The van der Waals surface area contributed by atoms with E-state index in [2.05, 4.69) is 15.6 Å². The molecule has 3 rings (SSSR count). The van der Waals surface area contributed by atoms with E-state index < -0.39 is 0 Å². The highest BCUT2D eigenvalue weighted by Gasteiger charge is 2.34. The first-order valence-corrected chi connectivity index (χ1v) is 10.9.